The van der Waals surface area contributed by atoms with Crippen molar-refractivity contribution in [3.63, 3.8) is 0 Å². The molecular weight excluding hydrogens is 309 g/mol. The van der Waals surface area contributed by atoms with E-state index in [1.165, 1.54) is 45.4 Å². The van der Waals surface area contributed by atoms with E-state index in [4.69, 9.17) is 5.11 Å². The van der Waals surface area contributed by atoms with Gasteiger partial charge in [-0.05, 0) is 13.3 Å². The van der Waals surface area contributed by atoms with Crippen molar-refractivity contribution < 1.29 is 19.8 Å². The molecule has 2 unspecified atom stereocenters. The second-order valence-corrected chi connectivity index (χ2v) is 5.70. The summed E-state index contributed by atoms with van der Waals surface area (Å²) < 4.78 is 0. The van der Waals surface area contributed by atoms with Gasteiger partial charge in [-0.15, -0.1) is 0 Å². The van der Waals surface area contributed by atoms with Crippen LogP contribution in [0.25, 0.3) is 0 Å². The average Bonchev–Trinajstić information content (AvgIpc) is 2.42. The van der Waals surface area contributed by atoms with Gasteiger partial charge in [0.05, 0.1) is 6.10 Å². The van der Waals surface area contributed by atoms with Crippen molar-refractivity contribution in [2.75, 3.05) is 0 Å². The maximum absolute atomic E-state index is 11.6. The van der Waals surface area contributed by atoms with Crippen LogP contribution in [0, 0.1) is 0 Å². The van der Waals surface area contributed by atoms with Crippen LogP contribution in [0.15, 0.2) is 0 Å². The standard InChI is InChI=1S/C16H31NO4.K.H/c1-3-4-5-6-7-8-9-10-11-12-14(19)17-15(13(2)18)16(20)21;;/h13,15,18H,3-12H2,1-2H3,(H,17,19)(H,20,21);;. The fourth-order valence-electron chi connectivity index (χ4n) is 2.23. The van der Waals surface area contributed by atoms with Crippen molar-refractivity contribution in [2.24, 2.45) is 0 Å². The molecule has 0 aliphatic rings. The molecule has 0 heterocycles. The van der Waals surface area contributed by atoms with Gasteiger partial charge < -0.3 is 15.5 Å². The number of unbranched alkanes of at least 4 members (excludes halogenated alkanes) is 8. The Bertz CT molecular complexity index is 298. The van der Waals surface area contributed by atoms with E-state index in [2.05, 4.69) is 12.2 Å². The maximum atomic E-state index is 11.6. The van der Waals surface area contributed by atoms with Crippen LogP contribution >= 0.6 is 0 Å². The normalized spacial score (nSPS) is 13.0. The summed E-state index contributed by atoms with van der Waals surface area (Å²) in [5.41, 5.74) is 0. The number of carbonyl (C=O) groups excluding carboxylic acids is 1. The van der Waals surface area contributed by atoms with E-state index in [0.717, 1.165) is 19.3 Å². The number of carbonyl (C=O) groups is 2. The summed E-state index contributed by atoms with van der Waals surface area (Å²) in [6.07, 6.45) is 9.77. The van der Waals surface area contributed by atoms with Gasteiger partial charge in [0.25, 0.3) is 0 Å². The van der Waals surface area contributed by atoms with Crippen molar-refractivity contribution in [1.29, 1.82) is 0 Å². The Balaban J connectivity index is 0. The van der Waals surface area contributed by atoms with Gasteiger partial charge in [-0.3, -0.25) is 4.79 Å². The average molecular weight is 342 g/mol. The number of nitrogens with one attached hydrogen (secondary N) is 1. The molecule has 5 nitrogen and oxygen atoms in total. The number of hydrogen-bond donors (Lipinski definition) is 3. The number of carboxylic acid groups (broad SMARTS) is 1. The van der Waals surface area contributed by atoms with E-state index in [1.807, 2.05) is 0 Å². The molecule has 0 fully saturated rings. The van der Waals surface area contributed by atoms with Gasteiger partial charge in [-0.1, -0.05) is 58.3 Å². The van der Waals surface area contributed by atoms with Gasteiger partial charge in [-0.25, -0.2) is 4.79 Å². The SMILES string of the molecule is CCCCCCCCCCCC(=O)NC(C(=O)O)C(C)O.[KH]. The van der Waals surface area contributed by atoms with Crippen molar-refractivity contribution in [3.05, 3.63) is 0 Å². The third kappa shape index (κ3) is 14.1. The van der Waals surface area contributed by atoms with Gasteiger partial charge in [0.2, 0.25) is 5.91 Å². The molecular formula is C16H32KNO4. The molecule has 0 radical (unpaired) electrons. The van der Waals surface area contributed by atoms with E-state index in [0.29, 0.717) is 6.42 Å². The van der Waals surface area contributed by atoms with Crippen LogP contribution < -0.4 is 5.32 Å². The zero-order valence-electron chi connectivity index (χ0n) is 13.4. The molecule has 6 heteroatoms. The molecule has 2 atom stereocenters. The zero-order chi connectivity index (χ0) is 16.1. The minimum absolute atomic E-state index is 0. The number of carboxylic acids is 1. The van der Waals surface area contributed by atoms with Crippen LogP contribution in [0.2, 0.25) is 0 Å². The van der Waals surface area contributed by atoms with Crippen LogP contribution in [0.4, 0.5) is 0 Å². The monoisotopic (exact) mass is 341 g/mol. The predicted octanol–water partition coefficient (Wildman–Crippen LogP) is 2.21. The molecule has 0 aliphatic carbocycles. The first-order valence-corrected chi connectivity index (χ1v) is 8.19. The third-order valence-corrected chi connectivity index (χ3v) is 3.57. The number of aliphatic carboxylic acids is 1. The fourth-order valence-corrected chi connectivity index (χ4v) is 2.23. The van der Waals surface area contributed by atoms with Crippen LogP contribution in [-0.4, -0.2) is 85.6 Å². The number of rotatable bonds is 13. The molecule has 126 valence electrons. The Labute approximate surface area is 177 Å². The number of aliphatic hydroxyl groups is 1. The van der Waals surface area contributed by atoms with Crippen molar-refractivity contribution in [1.82, 2.24) is 5.32 Å². The first kappa shape index (κ1) is 24.8. The molecule has 0 spiro atoms. The zero-order valence-corrected chi connectivity index (χ0v) is 13.4. The summed E-state index contributed by atoms with van der Waals surface area (Å²) >= 11 is 0. The Kier molecular flexibility index (Phi) is 18.5. The second-order valence-electron chi connectivity index (χ2n) is 5.70. The molecule has 1 amide bonds. The topological polar surface area (TPSA) is 86.6 Å². The minimum atomic E-state index is -1.21. The first-order valence-electron chi connectivity index (χ1n) is 8.19. The summed E-state index contributed by atoms with van der Waals surface area (Å²) in [5, 5.41) is 20.5. The molecule has 3 N–H and O–H groups in total. The van der Waals surface area contributed by atoms with E-state index in [-0.39, 0.29) is 57.3 Å². The van der Waals surface area contributed by atoms with Crippen LogP contribution in [0.5, 0.6) is 0 Å². The quantitative estimate of drug-likeness (QED) is 0.354. The molecule has 22 heavy (non-hydrogen) atoms. The van der Waals surface area contributed by atoms with Crippen molar-refractivity contribution >= 4 is 63.3 Å². The summed E-state index contributed by atoms with van der Waals surface area (Å²) in [5.74, 6) is -1.50. The molecule has 0 aromatic rings. The molecule has 0 saturated carbocycles. The Morgan fingerprint density at radius 3 is 1.82 bits per heavy atom. The number of hydrogen-bond acceptors (Lipinski definition) is 3. The van der Waals surface area contributed by atoms with Gasteiger partial charge in [-0.2, -0.15) is 0 Å². The summed E-state index contributed by atoms with van der Waals surface area (Å²) in [6, 6.07) is -1.21. The molecule has 0 bridgehead atoms. The van der Waals surface area contributed by atoms with Gasteiger partial charge in [0.1, 0.15) is 0 Å². The Hall–Kier alpha value is 0.536. The molecule has 0 rings (SSSR count). The van der Waals surface area contributed by atoms with Gasteiger partial charge >= 0.3 is 57.4 Å². The first-order chi connectivity index (χ1) is 9.99. The summed E-state index contributed by atoms with van der Waals surface area (Å²) in [4.78, 5) is 22.4. The van der Waals surface area contributed by atoms with Gasteiger partial charge in [0.15, 0.2) is 6.04 Å². The van der Waals surface area contributed by atoms with Gasteiger partial charge in [0, 0.05) is 6.42 Å². The van der Waals surface area contributed by atoms with E-state index < -0.39 is 18.1 Å². The molecule has 0 aromatic heterocycles. The molecule has 0 saturated heterocycles. The second kappa shape index (κ2) is 16.4. The van der Waals surface area contributed by atoms with E-state index in [1.54, 1.807) is 0 Å². The van der Waals surface area contributed by atoms with Crippen molar-refractivity contribution in [2.45, 2.75) is 90.2 Å². The summed E-state index contributed by atoms with van der Waals surface area (Å²) in [6.45, 7) is 3.56. The Morgan fingerprint density at radius 1 is 0.955 bits per heavy atom. The Morgan fingerprint density at radius 2 is 1.41 bits per heavy atom. The predicted molar refractivity (Wildman–Crippen MR) is 90.2 cm³/mol. The van der Waals surface area contributed by atoms with Crippen molar-refractivity contribution in [3.8, 4) is 0 Å². The van der Waals surface area contributed by atoms with Crippen LogP contribution in [-0.2, 0) is 9.59 Å². The van der Waals surface area contributed by atoms with Crippen LogP contribution in [0.1, 0.15) is 78.1 Å². The number of aliphatic hydroxyl groups excluding tert-OH is 1. The van der Waals surface area contributed by atoms with Crippen LogP contribution in [0.3, 0.4) is 0 Å². The van der Waals surface area contributed by atoms with E-state index >= 15 is 0 Å². The molecule has 0 aliphatic heterocycles. The molecule has 0 aromatic carbocycles. The third-order valence-electron chi connectivity index (χ3n) is 3.57. The number of amides is 1. The fraction of sp³-hybridized carbons (Fsp3) is 0.875. The van der Waals surface area contributed by atoms with E-state index in [9.17, 15) is 14.7 Å². The summed E-state index contributed by atoms with van der Waals surface area (Å²) in [7, 11) is 0.